The van der Waals surface area contributed by atoms with Crippen LogP contribution in [0.15, 0.2) is 103 Å². The molecule has 0 aliphatic heterocycles. The number of hydrogen-bond donors (Lipinski definition) is 0. The van der Waals surface area contributed by atoms with Gasteiger partial charge in [-0.2, -0.15) is 0 Å². The zero-order chi connectivity index (χ0) is 18.8. The molecule has 2 aromatic heterocycles. The maximum atomic E-state index is 4.95. The van der Waals surface area contributed by atoms with Crippen LogP contribution in [0.3, 0.4) is 0 Å². The molecule has 0 aliphatic rings. The normalized spacial score (nSPS) is 10.9. The van der Waals surface area contributed by atoms with Crippen LogP contribution in [0.5, 0.6) is 0 Å². The third-order valence-electron chi connectivity index (χ3n) is 4.74. The number of nitrogens with zero attached hydrogens (tertiary/aromatic N) is 3. The quantitative estimate of drug-likeness (QED) is 0.395. The first-order chi connectivity index (χ1) is 13.9. The van der Waals surface area contributed by atoms with Gasteiger partial charge in [0.05, 0.1) is 28.1 Å². The summed E-state index contributed by atoms with van der Waals surface area (Å²) in [7, 11) is 0. The van der Waals surface area contributed by atoms with E-state index in [1.807, 2.05) is 66.9 Å². The molecular formula is C25H17N3. The summed E-state index contributed by atoms with van der Waals surface area (Å²) in [6, 6.07) is 32.5. The summed E-state index contributed by atoms with van der Waals surface area (Å²) in [5.41, 5.74) is 7.71. The van der Waals surface area contributed by atoms with E-state index < -0.39 is 0 Å². The SMILES string of the molecule is c1ccc(-c2nc3ccccc3nc2-c2ccc(-c3ccccn3)cc2)cc1. The lowest BCUT2D eigenvalue weighted by atomic mass is 10.0. The van der Waals surface area contributed by atoms with E-state index in [0.717, 1.165) is 44.8 Å². The van der Waals surface area contributed by atoms with Crippen LogP contribution < -0.4 is 0 Å². The highest BCUT2D eigenvalue weighted by atomic mass is 14.8. The molecule has 0 N–H and O–H groups in total. The molecule has 5 aromatic rings. The van der Waals surface area contributed by atoms with Crippen molar-refractivity contribution in [3.05, 3.63) is 103 Å². The van der Waals surface area contributed by atoms with E-state index in [0.29, 0.717) is 0 Å². The Hall–Kier alpha value is -3.85. The topological polar surface area (TPSA) is 38.7 Å². The second-order valence-electron chi connectivity index (χ2n) is 6.57. The fourth-order valence-electron chi connectivity index (χ4n) is 3.33. The van der Waals surface area contributed by atoms with E-state index in [1.54, 1.807) is 0 Å². The standard InChI is InChI=1S/C25H17N3/c1-2-8-19(9-3-1)24-25(28-23-12-5-4-11-22(23)27-24)20-15-13-18(14-16-20)21-10-6-7-17-26-21/h1-17H. The Kier molecular flexibility index (Phi) is 4.11. The molecule has 28 heavy (non-hydrogen) atoms. The molecule has 3 heteroatoms. The van der Waals surface area contributed by atoms with Crippen molar-refractivity contribution >= 4 is 11.0 Å². The van der Waals surface area contributed by atoms with Gasteiger partial charge in [-0.05, 0) is 24.3 Å². The second-order valence-corrected chi connectivity index (χ2v) is 6.57. The van der Waals surface area contributed by atoms with Crippen LogP contribution in [-0.4, -0.2) is 15.0 Å². The molecule has 0 fully saturated rings. The maximum Gasteiger partial charge on any atom is 0.0973 e. The summed E-state index contributed by atoms with van der Waals surface area (Å²) in [5.74, 6) is 0. The van der Waals surface area contributed by atoms with Crippen LogP contribution in [0.4, 0.5) is 0 Å². The molecule has 0 saturated heterocycles. The number of para-hydroxylation sites is 2. The van der Waals surface area contributed by atoms with E-state index >= 15 is 0 Å². The highest BCUT2D eigenvalue weighted by molar-refractivity contribution is 5.86. The van der Waals surface area contributed by atoms with Gasteiger partial charge in [-0.15, -0.1) is 0 Å². The maximum absolute atomic E-state index is 4.95. The van der Waals surface area contributed by atoms with E-state index in [9.17, 15) is 0 Å². The Morgan fingerprint density at radius 1 is 0.429 bits per heavy atom. The summed E-state index contributed by atoms with van der Waals surface area (Å²) in [6.45, 7) is 0. The third kappa shape index (κ3) is 3.03. The summed E-state index contributed by atoms with van der Waals surface area (Å²) in [5, 5.41) is 0. The van der Waals surface area contributed by atoms with E-state index in [4.69, 9.17) is 9.97 Å². The zero-order valence-electron chi connectivity index (χ0n) is 15.2. The lowest BCUT2D eigenvalue weighted by molar-refractivity contribution is 1.29. The number of benzene rings is 3. The molecule has 132 valence electrons. The number of pyridine rings is 1. The average molecular weight is 359 g/mol. The van der Waals surface area contributed by atoms with E-state index in [-0.39, 0.29) is 0 Å². The van der Waals surface area contributed by atoms with E-state index in [2.05, 4.69) is 41.4 Å². The van der Waals surface area contributed by atoms with Crippen LogP contribution >= 0.6 is 0 Å². The monoisotopic (exact) mass is 359 g/mol. The molecule has 3 nitrogen and oxygen atoms in total. The van der Waals surface area contributed by atoms with Gasteiger partial charge >= 0.3 is 0 Å². The average Bonchev–Trinajstić information content (AvgIpc) is 2.79. The van der Waals surface area contributed by atoms with Crippen molar-refractivity contribution in [1.82, 2.24) is 15.0 Å². The van der Waals surface area contributed by atoms with Crippen LogP contribution in [0.2, 0.25) is 0 Å². The molecule has 0 atom stereocenters. The van der Waals surface area contributed by atoms with Crippen molar-refractivity contribution < 1.29 is 0 Å². The highest BCUT2D eigenvalue weighted by Crippen LogP contribution is 2.31. The number of rotatable bonds is 3. The Morgan fingerprint density at radius 2 is 0.964 bits per heavy atom. The zero-order valence-corrected chi connectivity index (χ0v) is 15.2. The first-order valence-corrected chi connectivity index (χ1v) is 9.22. The Balaban J connectivity index is 1.67. The highest BCUT2D eigenvalue weighted by Gasteiger charge is 2.13. The van der Waals surface area contributed by atoms with Crippen molar-refractivity contribution in [2.75, 3.05) is 0 Å². The first-order valence-electron chi connectivity index (χ1n) is 9.22. The van der Waals surface area contributed by atoms with Gasteiger partial charge < -0.3 is 0 Å². The van der Waals surface area contributed by atoms with Gasteiger partial charge in [0.2, 0.25) is 0 Å². The number of fused-ring (bicyclic) bond motifs is 1. The van der Waals surface area contributed by atoms with Crippen molar-refractivity contribution in [1.29, 1.82) is 0 Å². The largest absolute Gasteiger partial charge is 0.256 e. The predicted molar refractivity (Wildman–Crippen MR) is 114 cm³/mol. The van der Waals surface area contributed by atoms with Gasteiger partial charge in [-0.3, -0.25) is 4.98 Å². The van der Waals surface area contributed by atoms with Gasteiger partial charge in [0.1, 0.15) is 0 Å². The number of hydrogen-bond acceptors (Lipinski definition) is 3. The van der Waals surface area contributed by atoms with Gasteiger partial charge in [-0.1, -0.05) is 72.8 Å². The van der Waals surface area contributed by atoms with Crippen molar-refractivity contribution in [2.24, 2.45) is 0 Å². The van der Waals surface area contributed by atoms with Crippen LogP contribution in [0, 0.1) is 0 Å². The molecule has 0 unspecified atom stereocenters. The van der Waals surface area contributed by atoms with E-state index in [1.165, 1.54) is 0 Å². The van der Waals surface area contributed by atoms with Gasteiger partial charge in [0, 0.05) is 22.9 Å². The Morgan fingerprint density at radius 3 is 1.57 bits per heavy atom. The minimum absolute atomic E-state index is 0.887. The lowest BCUT2D eigenvalue weighted by Gasteiger charge is -2.11. The van der Waals surface area contributed by atoms with Crippen LogP contribution in [0.25, 0.3) is 44.8 Å². The summed E-state index contributed by atoms with van der Waals surface area (Å²) >= 11 is 0. The second kappa shape index (κ2) is 7.05. The molecule has 0 radical (unpaired) electrons. The summed E-state index contributed by atoms with van der Waals surface area (Å²) in [6.07, 6.45) is 1.81. The fraction of sp³-hybridized carbons (Fsp3) is 0. The molecule has 0 bridgehead atoms. The summed E-state index contributed by atoms with van der Waals surface area (Å²) < 4.78 is 0. The fourth-order valence-corrected chi connectivity index (χ4v) is 3.33. The smallest absolute Gasteiger partial charge is 0.0973 e. The molecular weight excluding hydrogens is 342 g/mol. The minimum atomic E-state index is 0.887. The minimum Gasteiger partial charge on any atom is -0.256 e. The Labute approximate surface area is 163 Å². The van der Waals surface area contributed by atoms with Gasteiger partial charge in [-0.25, -0.2) is 9.97 Å². The molecule has 5 rings (SSSR count). The molecule has 3 aromatic carbocycles. The van der Waals surface area contributed by atoms with Crippen molar-refractivity contribution in [2.45, 2.75) is 0 Å². The predicted octanol–water partition coefficient (Wildman–Crippen LogP) is 6.03. The molecule has 2 heterocycles. The third-order valence-corrected chi connectivity index (χ3v) is 4.74. The van der Waals surface area contributed by atoms with Crippen LogP contribution in [0.1, 0.15) is 0 Å². The van der Waals surface area contributed by atoms with Crippen molar-refractivity contribution in [3.63, 3.8) is 0 Å². The van der Waals surface area contributed by atoms with Gasteiger partial charge in [0.25, 0.3) is 0 Å². The van der Waals surface area contributed by atoms with Gasteiger partial charge in [0.15, 0.2) is 0 Å². The molecule has 0 amide bonds. The first kappa shape index (κ1) is 16.3. The van der Waals surface area contributed by atoms with Crippen molar-refractivity contribution in [3.8, 4) is 33.8 Å². The molecule has 0 spiro atoms. The number of aromatic nitrogens is 3. The summed E-state index contributed by atoms with van der Waals surface area (Å²) in [4.78, 5) is 14.3. The molecule has 0 aliphatic carbocycles. The van der Waals surface area contributed by atoms with Crippen LogP contribution in [-0.2, 0) is 0 Å². The Bertz CT molecular complexity index is 1230. The lowest BCUT2D eigenvalue weighted by Crippen LogP contribution is -1.95. The molecule has 0 saturated carbocycles.